The first kappa shape index (κ1) is 15.5. The molecule has 1 aromatic rings. The smallest absolute Gasteiger partial charge is 0.257 e. The summed E-state index contributed by atoms with van der Waals surface area (Å²) in [5.41, 5.74) is 5.12. The van der Waals surface area contributed by atoms with E-state index in [1.165, 1.54) is 12.0 Å². The molecule has 1 aromatic carbocycles. The molecule has 0 fully saturated rings. The Balaban J connectivity index is 2.87. The van der Waals surface area contributed by atoms with Crippen LogP contribution in [0.5, 0.6) is 0 Å². The first-order valence-corrected chi connectivity index (χ1v) is 6.03. The number of nitrogens with two attached hydrogens (primary N) is 1. The van der Waals surface area contributed by atoms with Crippen molar-refractivity contribution in [3.05, 3.63) is 35.4 Å². The summed E-state index contributed by atoms with van der Waals surface area (Å²) in [6.07, 6.45) is 0.590. The number of nitrogens with zero attached hydrogens (tertiary/aromatic N) is 1. The second kappa shape index (κ2) is 7.81. The summed E-state index contributed by atoms with van der Waals surface area (Å²) in [6.45, 7) is 1.44. The van der Waals surface area contributed by atoms with Gasteiger partial charge < -0.3 is 15.4 Å². The van der Waals surface area contributed by atoms with E-state index >= 15 is 0 Å². The zero-order valence-corrected chi connectivity index (χ0v) is 10.9. The van der Waals surface area contributed by atoms with Gasteiger partial charge in [-0.15, -0.1) is 0 Å². The average molecular weight is 272 g/mol. The number of halogens is 2. The monoisotopic (exact) mass is 272 g/mol. The van der Waals surface area contributed by atoms with Crippen LogP contribution >= 0.6 is 0 Å². The third-order valence-corrected chi connectivity index (χ3v) is 2.64. The largest absolute Gasteiger partial charge is 0.383 e. The molecule has 19 heavy (non-hydrogen) atoms. The molecule has 0 unspecified atom stereocenters. The topological polar surface area (TPSA) is 55.6 Å². The summed E-state index contributed by atoms with van der Waals surface area (Å²) in [7, 11) is 1.51. The van der Waals surface area contributed by atoms with Gasteiger partial charge in [0, 0.05) is 20.2 Å². The average Bonchev–Trinajstić information content (AvgIpc) is 2.41. The first-order valence-electron chi connectivity index (χ1n) is 6.03. The number of ether oxygens (including phenoxy) is 1. The molecular weight excluding hydrogens is 254 g/mol. The third kappa shape index (κ3) is 4.57. The molecule has 106 valence electrons. The SMILES string of the molecule is COCCN(CCCN)C(=O)c1cc(F)ccc1F. The maximum atomic E-state index is 13.6. The van der Waals surface area contributed by atoms with E-state index in [0.717, 1.165) is 18.2 Å². The first-order chi connectivity index (χ1) is 9.10. The molecule has 4 nitrogen and oxygen atoms in total. The molecule has 0 saturated heterocycles. The highest BCUT2D eigenvalue weighted by atomic mass is 19.1. The molecule has 0 aliphatic heterocycles. The Morgan fingerprint density at radius 1 is 1.37 bits per heavy atom. The highest BCUT2D eigenvalue weighted by Crippen LogP contribution is 2.12. The van der Waals surface area contributed by atoms with Crippen molar-refractivity contribution >= 4 is 5.91 Å². The Labute approximate surface area is 111 Å². The lowest BCUT2D eigenvalue weighted by Gasteiger charge is -2.22. The minimum atomic E-state index is -0.735. The minimum absolute atomic E-state index is 0.270. The quantitative estimate of drug-likeness (QED) is 0.816. The van der Waals surface area contributed by atoms with Gasteiger partial charge in [-0.25, -0.2) is 8.78 Å². The number of carbonyl (C=O) groups is 1. The molecule has 1 rings (SSSR count). The maximum absolute atomic E-state index is 13.6. The number of rotatable bonds is 7. The van der Waals surface area contributed by atoms with Crippen molar-refractivity contribution in [2.45, 2.75) is 6.42 Å². The van der Waals surface area contributed by atoms with Crippen molar-refractivity contribution < 1.29 is 18.3 Å². The maximum Gasteiger partial charge on any atom is 0.257 e. The van der Waals surface area contributed by atoms with Crippen molar-refractivity contribution in [2.75, 3.05) is 33.4 Å². The molecule has 0 saturated carbocycles. The van der Waals surface area contributed by atoms with Crippen molar-refractivity contribution in [1.29, 1.82) is 0 Å². The molecule has 0 radical (unpaired) electrons. The molecule has 2 N–H and O–H groups in total. The number of methoxy groups -OCH3 is 1. The van der Waals surface area contributed by atoms with Crippen molar-refractivity contribution in [3.8, 4) is 0 Å². The number of benzene rings is 1. The number of hydrogen-bond acceptors (Lipinski definition) is 3. The van der Waals surface area contributed by atoms with E-state index in [2.05, 4.69) is 0 Å². The van der Waals surface area contributed by atoms with E-state index in [1.807, 2.05) is 0 Å². The minimum Gasteiger partial charge on any atom is -0.383 e. The van der Waals surface area contributed by atoms with E-state index in [1.54, 1.807) is 0 Å². The Bertz CT molecular complexity index is 419. The fourth-order valence-electron chi connectivity index (χ4n) is 1.63. The standard InChI is InChI=1S/C13H18F2N2O2/c1-19-8-7-17(6-2-5-16)13(18)11-9-10(14)3-4-12(11)15/h3-4,9H,2,5-8,16H2,1H3. The summed E-state index contributed by atoms with van der Waals surface area (Å²) in [5, 5.41) is 0. The van der Waals surface area contributed by atoms with Gasteiger partial charge >= 0.3 is 0 Å². The summed E-state index contributed by atoms with van der Waals surface area (Å²) in [6, 6.07) is 2.82. The molecule has 1 amide bonds. The second-order valence-corrected chi connectivity index (χ2v) is 4.05. The van der Waals surface area contributed by atoms with Crippen LogP contribution in [0.3, 0.4) is 0 Å². The second-order valence-electron chi connectivity index (χ2n) is 4.05. The van der Waals surface area contributed by atoms with Crippen LogP contribution in [0.4, 0.5) is 8.78 Å². The van der Waals surface area contributed by atoms with Gasteiger partial charge in [0.25, 0.3) is 5.91 Å². The van der Waals surface area contributed by atoms with E-state index in [0.29, 0.717) is 32.7 Å². The fourth-order valence-corrected chi connectivity index (χ4v) is 1.63. The summed E-state index contributed by atoms with van der Waals surface area (Å²) in [5.74, 6) is -1.93. The van der Waals surface area contributed by atoms with E-state index in [-0.39, 0.29) is 5.56 Å². The molecule has 0 aliphatic carbocycles. The number of carbonyl (C=O) groups excluding carboxylic acids is 1. The molecule has 0 atom stereocenters. The van der Waals surface area contributed by atoms with Crippen LogP contribution in [0, 0.1) is 11.6 Å². The molecule has 0 heterocycles. The van der Waals surface area contributed by atoms with Crippen LogP contribution in [0.15, 0.2) is 18.2 Å². The highest BCUT2D eigenvalue weighted by Gasteiger charge is 2.19. The lowest BCUT2D eigenvalue weighted by molar-refractivity contribution is 0.0689. The highest BCUT2D eigenvalue weighted by molar-refractivity contribution is 5.94. The molecule has 0 bridgehead atoms. The van der Waals surface area contributed by atoms with Crippen LogP contribution in [-0.4, -0.2) is 44.2 Å². The van der Waals surface area contributed by atoms with Crippen LogP contribution < -0.4 is 5.73 Å². The zero-order valence-electron chi connectivity index (χ0n) is 10.9. The summed E-state index contributed by atoms with van der Waals surface area (Å²) in [4.78, 5) is 13.6. The molecular formula is C13H18F2N2O2. The lowest BCUT2D eigenvalue weighted by Crippen LogP contribution is -2.36. The third-order valence-electron chi connectivity index (χ3n) is 2.64. The molecule has 0 aliphatic rings. The van der Waals surface area contributed by atoms with E-state index in [9.17, 15) is 13.6 Å². The van der Waals surface area contributed by atoms with Crippen LogP contribution in [0.25, 0.3) is 0 Å². The predicted octanol–water partition coefficient (Wildman–Crippen LogP) is 1.40. The van der Waals surface area contributed by atoms with Crippen molar-refractivity contribution in [3.63, 3.8) is 0 Å². The Kier molecular flexibility index (Phi) is 6.38. The number of amides is 1. The molecule has 6 heteroatoms. The van der Waals surface area contributed by atoms with Gasteiger partial charge in [-0.05, 0) is 31.2 Å². The lowest BCUT2D eigenvalue weighted by atomic mass is 10.1. The van der Waals surface area contributed by atoms with E-state index < -0.39 is 17.5 Å². The van der Waals surface area contributed by atoms with Crippen molar-refractivity contribution in [1.82, 2.24) is 4.90 Å². The summed E-state index contributed by atoms with van der Waals surface area (Å²) >= 11 is 0. The van der Waals surface area contributed by atoms with Gasteiger partial charge in [-0.1, -0.05) is 0 Å². The van der Waals surface area contributed by atoms with Gasteiger partial charge in [0.15, 0.2) is 0 Å². The van der Waals surface area contributed by atoms with Crippen LogP contribution in [0.1, 0.15) is 16.8 Å². The Hall–Kier alpha value is -1.53. The van der Waals surface area contributed by atoms with Gasteiger partial charge in [0.05, 0.1) is 12.2 Å². The fraction of sp³-hybridized carbons (Fsp3) is 0.462. The predicted molar refractivity (Wildman–Crippen MR) is 67.8 cm³/mol. The van der Waals surface area contributed by atoms with Gasteiger partial charge in [0.1, 0.15) is 11.6 Å². The van der Waals surface area contributed by atoms with Crippen LogP contribution in [0.2, 0.25) is 0 Å². The van der Waals surface area contributed by atoms with Gasteiger partial charge in [0.2, 0.25) is 0 Å². The number of hydrogen-bond donors (Lipinski definition) is 1. The normalized spacial score (nSPS) is 10.5. The Morgan fingerprint density at radius 3 is 2.74 bits per heavy atom. The van der Waals surface area contributed by atoms with Gasteiger partial charge in [-0.3, -0.25) is 4.79 Å². The summed E-state index contributed by atoms with van der Waals surface area (Å²) < 4.78 is 31.5. The zero-order chi connectivity index (χ0) is 14.3. The molecule has 0 aromatic heterocycles. The van der Waals surface area contributed by atoms with Crippen LogP contribution in [-0.2, 0) is 4.74 Å². The van der Waals surface area contributed by atoms with E-state index in [4.69, 9.17) is 10.5 Å². The molecule has 0 spiro atoms. The van der Waals surface area contributed by atoms with Gasteiger partial charge in [-0.2, -0.15) is 0 Å². The van der Waals surface area contributed by atoms with Crippen molar-refractivity contribution in [2.24, 2.45) is 5.73 Å². The Morgan fingerprint density at radius 2 is 2.11 bits per heavy atom.